The third-order valence-electron chi connectivity index (χ3n) is 2.33. The van der Waals surface area contributed by atoms with Gasteiger partial charge in [0.2, 0.25) is 5.91 Å². The summed E-state index contributed by atoms with van der Waals surface area (Å²) >= 11 is 0. The van der Waals surface area contributed by atoms with Crippen LogP contribution >= 0.6 is 0 Å². The first-order valence-electron chi connectivity index (χ1n) is 5.17. The molecule has 0 rings (SSSR count). The number of aliphatic carboxylic acids is 1. The smallest absolute Gasteiger partial charge is 0.326 e. The highest BCUT2D eigenvalue weighted by Gasteiger charge is 2.21. The van der Waals surface area contributed by atoms with Gasteiger partial charge in [0.1, 0.15) is 6.04 Å². The summed E-state index contributed by atoms with van der Waals surface area (Å²) in [5.41, 5.74) is 0. The van der Waals surface area contributed by atoms with Crippen LogP contribution < -0.4 is 5.32 Å². The number of hydrogen-bond acceptors (Lipinski definition) is 2. The van der Waals surface area contributed by atoms with Gasteiger partial charge in [-0.25, -0.2) is 4.79 Å². The highest BCUT2D eigenvalue weighted by Crippen LogP contribution is 2.04. The number of carboxylic acids is 1. The molecule has 0 heterocycles. The summed E-state index contributed by atoms with van der Waals surface area (Å²) in [6.45, 7) is 7.19. The maximum atomic E-state index is 11.5. The van der Waals surface area contributed by atoms with Gasteiger partial charge in [-0.05, 0) is 19.3 Å². The van der Waals surface area contributed by atoms with E-state index in [1.54, 1.807) is 13.0 Å². The van der Waals surface area contributed by atoms with Gasteiger partial charge < -0.3 is 10.4 Å². The molecule has 4 heteroatoms. The highest BCUT2D eigenvalue weighted by atomic mass is 16.4. The second-order valence-electron chi connectivity index (χ2n) is 3.57. The van der Waals surface area contributed by atoms with Crippen LogP contribution in [0, 0.1) is 5.92 Å². The summed E-state index contributed by atoms with van der Waals surface area (Å²) in [4.78, 5) is 22.3. The first-order valence-corrected chi connectivity index (χ1v) is 5.17. The Hall–Kier alpha value is -1.32. The molecule has 1 amide bonds. The number of carbonyl (C=O) groups excluding carboxylic acids is 1. The lowest BCUT2D eigenvalue weighted by Crippen LogP contribution is -2.42. The van der Waals surface area contributed by atoms with Gasteiger partial charge in [-0.3, -0.25) is 4.79 Å². The van der Waals surface area contributed by atoms with Crippen molar-refractivity contribution in [2.45, 2.75) is 39.2 Å². The van der Waals surface area contributed by atoms with E-state index in [1.807, 2.05) is 6.92 Å². The van der Waals surface area contributed by atoms with Crippen LogP contribution in [0.2, 0.25) is 0 Å². The molecule has 2 N–H and O–H groups in total. The van der Waals surface area contributed by atoms with Crippen LogP contribution in [-0.4, -0.2) is 23.0 Å². The SMILES string of the molecule is C=CCCC(NC(=O)C(C)CC)C(=O)O. The molecule has 2 atom stereocenters. The van der Waals surface area contributed by atoms with Crippen molar-refractivity contribution >= 4 is 11.9 Å². The second-order valence-corrected chi connectivity index (χ2v) is 3.57. The molecule has 0 aliphatic rings. The molecule has 0 aromatic rings. The van der Waals surface area contributed by atoms with Crippen LogP contribution in [0.1, 0.15) is 33.1 Å². The molecule has 2 unspecified atom stereocenters. The Bertz CT molecular complexity index is 238. The van der Waals surface area contributed by atoms with E-state index in [4.69, 9.17) is 5.11 Å². The van der Waals surface area contributed by atoms with Gasteiger partial charge in [0.15, 0.2) is 0 Å². The minimum Gasteiger partial charge on any atom is -0.480 e. The average molecular weight is 213 g/mol. The Morgan fingerprint density at radius 2 is 2.13 bits per heavy atom. The van der Waals surface area contributed by atoms with Crippen LogP contribution in [0.3, 0.4) is 0 Å². The van der Waals surface area contributed by atoms with Crippen molar-refractivity contribution in [2.24, 2.45) is 5.92 Å². The molecule has 0 saturated carbocycles. The number of allylic oxidation sites excluding steroid dienone is 1. The van der Waals surface area contributed by atoms with Gasteiger partial charge in [-0.15, -0.1) is 6.58 Å². The number of carbonyl (C=O) groups is 2. The summed E-state index contributed by atoms with van der Waals surface area (Å²) in [5.74, 6) is -1.34. The van der Waals surface area contributed by atoms with Crippen molar-refractivity contribution < 1.29 is 14.7 Å². The van der Waals surface area contributed by atoms with Crippen LogP contribution in [0.5, 0.6) is 0 Å². The van der Waals surface area contributed by atoms with Gasteiger partial charge in [-0.1, -0.05) is 19.9 Å². The van der Waals surface area contributed by atoms with Crippen LogP contribution in [0.4, 0.5) is 0 Å². The van der Waals surface area contributed by atoms with Crippen LogP contribution in [0.15, 0.2) is 12.7 Å². The number of rotatable bonds is 7. The molecule has 0 radical (unpaired) electrons. The van der Waals surface area contributed by atoms with E-state index in [0.29, 0.717) is 19.3 Å². The zero-order valence-corrected chi connectivity index (χ0v) is 9.32. The van der Waals surface area contributed by atoms with Crippen LogP contribution in [-0.2, 0) is 9.59 Å². The zero-order chi connectivity index (χ0) is 11.8. The average Bonchev–Trinajstić information content (AvgIpc) is 2.22. The fourth-order valence-corrected chi connectivity index (χ4v) is 1.04. The molecule has 0 aromatic heterocycles. The van der Waals surface area contributed by atoms with E-state index in [9.17, 15) is 9.59 Å². The van der Waals surface area contributed by atoms with E-state index in [1.165, 1.54) is 0 Å². The Kier molecular flexibility index (Phi) is 6.42. The molecular formula is C11H19NO3. The molecule has 0 spiro atoms. The van der Waals surface area contributed by atoms with E-state index in [0.717, 1.165) is 0 Å². The number of nitrogens with one attached hydrogen (secondary N) is 1. The van der Waals surface area contributed by atoms with Crippen molar-refractivity contribution in [1.29, 1.82) is 0 Å². The third kappa shape index (κ3) is 5.20. The number of amides is 1. The first-order chi connectivity index (χ1) is 7.02. The molecule has 0 aromatic carbocycles. The molecule has 4 nitrogen and oxygen atoms in total. The summed E-state index contributed by atoms with van der Waals surface area (Å²) < 4.78 is 0. The topological polar surface area (TPSA) is 66.4 Å². The normalized spacial score (nSPS) is 14.0. The van der Waals surface area contributed by atoms with Gasteiger partial charge in [-0.2, -0.15) is 0 Å². The quantitative estimate of drug-likeness (QED) is 0.631. The predicted octanol–water partition coefficient (Wildman–Crippen LogP) is 1.57. The van der Waals surface area contributed by atoms with Crippen molar-refractivity contribution in [1.82, 2.24) is 5.32 Å². The van der Waals surface area contributed by atoms with E-state index >= 15 is 0 Å². The third-order valence-corrected chi connectivity index (χ3v) is 2.33. The van der Waals surface area contributed by atoms with Gasteiger partial charge in [0.05, 0.1) is 0 Å². The fourth-order valence-electron chi connectivity index (χ4n) is 1.04. The number of carboxylic acid groups (broad SMARTS) is 1. The molecule has 0 fully saturated rings. The minimum atomic E-state index is -0.992. The minimum absolute atomic E-state index is 0.143. The summed E-state index contributed by atoms with van der Waals surface area (Å²) in [6.07, 6.45) is 3.32. The first kappa shape index (κ1) is 13.7. The highest BCUT2D eigenvalue weighted by molar-refractivity contribution is 5.84. The lowest BCUT2D eigenvalue weighted by Gasteiger charge is -2.16. The van der Waals surface area contributed by atoms with Crippen LogP contribution in [0.25, 0.3) is 0 Å². The molecule has 86 valence electrons. The molecule has 0 aliphatic carbocycles. The lowest BCUT2D eigenvalue weighted by atomic mass is 10.1. The standard InChI is InChI=1S/C11H19NO3/c1-4-6-7-9(11(14)15)12-10(13)8(3)5-2/h4,8-9H,1,5-7H2,2-3H3,(H,12,13)(H,14,15). The molecular weight excluding hydrogens is 194 g/mol. The molecule has 0 bridgehead atoms. The summed E-state index contributed by atoms with van der Waals surface area (Å²) in [6, 6.07) is -0.801. The fraction of sp³-hybridized carbons (Fsp3) is 0.636. The Balaban J connectivity index is 4.21. The Morgan fingerprint density at radius 1 is 1.53 bits per heavy atom. The second kappa shape index (κ2) is 7.04. The monoisotopic (exact) mass is 213 g/mol. The van der Waals surface area contributed by atoms with Crippen molar-refractivity contribution in [3.63, 3.8) is 0 Å². The summed E-state index contributed by atoms with van der Waals surface area (Å²) in [7, 11) is 0. The zero-order valence-electron chi connectivity index (χ0n) is 9.32. The van der Waals surface area contributed by atoms with Gasteiger partial charge >= 0.3 is 5.97 Å². The summed E-state index contributed by atoms with van der Waals surface area (Å²) in [5, 5.41) is 11.4. The molecule has 15 heavy (non-hydrogen) atoms. The van der Waals surface area contributed by atoms with Crippen molar-refractivity contribution in [3.8, 4) is 0 Å². The Morgan fingerprint density at radius 3 is 2.53 bits per heavy atom. The van der Waals surface area contributed by atoms with Gasteiger partial charge in [0, 0.05) is 5.92 Å². The maximum Gasteiger partial charge on any atom is 0.326 e. The predicted molar refractivity (Wildman–Crippen MR) is 58.5 cm³/mol. The van der Waals surface area contributed by atoms with Crippen molar-refractivity contribution in [2.75, 3.05) is 0 Å². The lowest BCUT2D eigenvalue weighted by molar-refractivity contribution is -0.142. The molecule has 0 saturated heterocycles. The van der Waals surface area contributed by atoms with Crippen molar-refractivity contribution in [3.05, 3.63) is 12.7 Å². The Labute approximate surface area is 90.4 Å². The van der Waals surface area contributed by atoms with Gasteiger partial charge in [0.25, 0.3) is 0 Å². The molecule has 0 aliphatic heterocycles. The van der Waals surface area contributed by atoms with E-state index < -0.39 is 12.0 Å². The van der Waals surface area contributed by atoms with E-state index in [2.05, 4.69) is 11.9 Å². The maximum absolute atomic E-state index is 11.5. The largest absolute Gasteiger partial charge is 0.480 e. The van der Waals surface area contributed by atoms with E-state index in [-0.39, 0.29) is 11.8 Å². The number of hydrogen-bond donors (Lipinski definition) is 2.